The number of aromatic nitrogens is 1. The van der Waals surface area contributed by atoms with Crippen LogP contribution < -0.4 is 0 Å². The van der Waals surface area contributed by atoms with Crippen LogP contribution >= 0.6 is 11.8 Å². The van der Waals surface area contributed by atoms with Crippen LogP contribution in [0.4, 0.5) is 0 Å². The van der Waals surface area contributed by atoms with Gasteiger partial charge in [-0.3, -0.25) is 0 Å². The van der Waals surface area contributed by atoms with E-state index in [0.717, 1.165) is 0 Å². The van der Waals surface area contributed by atoms with Crippen LogP contribution in [0, 0.1) is 0 Å². The van der Waals surface area contributed by atoms with Crippen LogP contribution in [-0.2, 0) is 0 Å². The third kappa shape index (κ3) is 3.01. The van der Waals surface area contributed by atoms with Crippen molar-refractivity contribution in [3.05, 3.63) is 97.2 Å². The fraction of sp³-hybridized carbons (Fsp3) is 0. The monoisotopic (exact) mass is 327 g/mol. The largest absolute Gasteiger partial charge is 0.360 e. The van der Waals surface area contributed by atoms with Crippen LogP contribution in [0.25, 0.3) is 22.4 Å². The first-order valence-electron chi connectivity index (χ1n) is 7.97. The van der Waals surface area contributed by atoms with Gasteiger partial charge in [-0.05, 0) is 23.3 Å². The van der Waals surface area contributed by atoms with E-state index >= 15 is 0 Å². The smallest absolute Gasteiger partial charge is 0.0602 e. The third-order valence-corrected chi connectivity index (χ3v) is 5.08. The van der Waals surface area contributed by atoms with Gasteiger partial charge in [0.05, 0.1) is 5.69 Å². The maximum Gasteiger partial charge on any atom is 0.0602 e. The minimum atomic E-state index is 1.17. The summed E-state index contributed by atoms with van der Waals surface area (Å²) in [6.45, 7) is 0. The molecule has 4 aromatic rings. The molecule has 1 heterocycles. The van der Waals surface area contributed by atoms with Crippen LogP contribution in [-0.4, -0.2) is 4.98 Å². The molecule has 1 aromatic heterocycles. The molecule has 3 aromatic carbocycles. The van der Waals surface area contributed by atoms with Gasteiger partial charge in [0.25, 0.3) is 0 Å². The fourth-order valence-corrected chi connectivity index (χ4v) is 3.87. The van der Waals surface area contributed by atoms with Crippen molar-refractivity contribution >= 4 is 11.8 Å². The first kappa shape index (κ1) is 14.9. The average molecular weight is 327 g/mol. The highest BCUT2D eigenvalue weighted by molar-refractivity contribution is 7.99. The number of nitrogens with one attached hydrogen (secondary N) is 1. The highest BCUT2D eigenvalue weighted by Gasteiger charge is 2.15. The van der Waals surface area contributed by atoms with Crippen molar-refractivity contribution in [3.8, 4) is 22.4 Å². The van der Waals surface area contributed by atoms with Gasteiger partial charge in [-0.25, -0.2) is 0 Å². The van der Waals surface area contributed by atoms with E-state index < -0.39 is 0 Å². The lowest BCUT2D eigenvalue weighted by Crippen LogP contribution is -1.82. The Bertz CT molecular complexity index is 855. The van der Waals surface area contributed by atoms with Crippen LogP contribution in [0.3, 0.4) is 0 Å². The van der Waals surface area contributed by atoms with E-state index in [4.69, 9.17) is 0 Å². The fourth-order valence-electron chi connectivity index (χ4n) is 2.77. The van der Waals surface area contributed by atoms with Crippen molar-refractivity contribution in [3.63, 3.8) is 0 Å². The second-order valence-corrected chi connectivity index (χ2v) is 6.64. The normalized spacial score (nSPS) is 10.7. The summed E-state index contributed by atoms with van der Waals surface area (Å²) >= 11 is 1.81. The molecule has 0 aliphatic rings. The first-order valence-corrected chi connectivity index (χ1v) is 8.78. The molecule has 0 amide bonds. The van der Waals surface area contributed by atoms with Gasteiger partial charge >= 0.3 is 0 Å². The van der Waals surface area contributed by atoms with E-state index in [9.17, 15) is 0 Å². The molecule has 1 N–H and O–H groups in total. The molecule has 0 aliphatic carbocycles. The summed E-state index contributed by atoms with van der Waals surface area (Å²) in [7, 11) is 0. The molecule has 24 heavy (non-hydrogen) atoms. The second-order valence-electron chi connectivity index (χ2n) is 5.55. The van der Waals surface area contributed by atoms with Gasteiger partial charge in [0.1, 0.15) is 0 Å². The summed E-state index contributed by atoms with van der Waals surface area (Å²) in [5, 5.41) is 0. The topological polar surface area (TPSA) is 15.8 Å². The number of benzene rings is 3. The van der Waals surface area contributed by atoms with E-state index in [-0.39, 0.29) is 0 Å². The standard InChI is InChI=1S/C22H17NS/c1-4-10-17(11-5-1)20-16-23-21(18-12-6-2-7-13-18)22(20)24-19-14-8-3-9-15-19/h1-16,23H. The van der Waals surface area contributed by atoms with Gasteiger partial charge in [-0.15, -0.1) is 0 Å². The molecule has 4 rings (SSSR count). The van der Waals surface area contributed by atoms with Crippen LogP contribution in [0.2, 0.25) is 0 Å². The van der Waals surface area contributed by atoms with Crippen molar-refractivity contribution < 1.29 is 0 Å². The molecule has 0 spiro atoms. The molecule has 0 atom stereocenters. The first-order chi connectivity index (χ1) is 11.9. The molecule has 116 valence electrons. The van der Waals surface area contributed by atoms with Gasteiger partial charge in [0.15, 0.2) is 0 Å². The van der Waals surface area contributed by atoms with Crippen molar-refractivity contribution in [1.82, 2.24) is 4.98 Å². The van der Waals surface area contributed by atoms with E-state index in [1.807, 2.05) is 0 Å². The Hall–Kier alpha value is -2.71. The molecular formula is C22H17NS. The summed E-state index contributed by atoms with van der Waals surface area (Å²) in [6, 6.07) is 31.6. The molecular weight excluding hydrogens is 310 g/mol. The minimum absolute atomic E-state index is 1.17. The van der Waals surface area contributed by atoms with Crippen LogP contribution in [0.5, 0.6) is 0 Å². The Labute approximate surface area is 146 Å². The van der Waals surface area contributed by atoms with Crippen LogP contribution in [0.15, 0.2) is 107 Å². The Morgan fingerprint density at radius 1 is 0.583 bits per heavy atom. The quantitative estimate of drug-likeness (QED) is 0.452. The number of hydrogen-bond donors (Lipinski definition) is 1. The van der Waals surface area contributed by atoms with Crippen molar-refractivity contribution in [2.45, 2.75) is 9.79 Å². The number of aromatic amines is 1. The molecule has 0 unspecified atom stereocenters. The highest BCUT2D eigenvalue weighted by atomic mass is 32.2. The second kappa shape index (κ2) is 6.81. The SMILES string of the molecule is c1ccc(Sc2c(-c3ccccc3)c[nH]c2-c2ccccc2)cc1. The zero-order chi connectivity index (χ0) is 16.2. The molecule has 0 radical (unpaired) electrons. The predicted octanol–water partition coefficient (Wildman–Crippen LogP) is 6.50. The summed E-state index contributed by atoms with van der Waals surface area (Å²) in [4.78, 5) is 5.99. The van der Waals surface area contributed by atoms with Gasteiger partial charge in [0.2, 0.25) is 0 Å². The van der Waals surface area contributed by atoms with Crippen molar-refractivity contribution in [1.29, 1.82) is 0 Å². The van der Waals surface area contributed by atoms with Crippen molar-refractivity contribution in [2.75, 3.05) is 0 Å². The molecule has 0 fully saturated rings. The minimum Gasteiger partial charge on any atom is -0.360 e. The number of hydrogen-bond acceptors (Lipinski definition) is 1. The Balaban J connectivity index is 1.85. The number of rotatable bonds is 4. The van der Waals surface area contributed by atoms with E-state index in [2.05, 4.69) is 102 Å². The summed E-state index contributed by atoms with van der Waals surface area (Å²) in [6.07, 6.45) is 2.11. The van der Waals surface area contributed by atoms with E-state index in [0.29, 0.717) is 0 Å². The molecule has 0 bridgehead atoms. The lowest BCUT2D eigenvalue weighted by atomic mass is 10.1. The van der Waals surface area contributed by atoms with E-state index in [1.165, 1.54) is 32.2 Å². The summed E-state index contributed by atoms with van der Waals surface area (Å²) in [5.74, 6) is 0. The maximum atomic E-state index is 3.49. The highest BCUT2D eigenvalue weighted by Crippen LogP contribution is 2.42. The van der Waals surface area contributed by atoms with Crippen molar-refractivity contribution in [2.24, 2.45) is 0 Å². The van der Waals surface area contributed by atoms with Gasteiger partial charge in [-0.2, -0.15) is 0 Å². The molecule has 0 aliphatic heterocycles. The Kier molecular flexibility index (Phi) is 4.22. The zero-order valence-electron chi connectivity index (χ0n) is 13.1. The number of H-pyrrole nitrogens is 1. The maximum absolute atomic E-state index is 3.49. The van der Waals surface area contributed by atoms with Crippen LogP contribution in [0.1, 0.15) is 0 Å². The molecule has 0 saturated carbocycles. The van der Waals surface area contributed by atoms with E-state index in [1.54, 1.807) is 11.8 Å². The Morgan fingerprint density at radius 3 is 1.75 bits per heavy atom. The third-order valence-electron chi connectivity index (χ3n) is 3.94. The predicted molar refractivity (Wildman–Crippen MR) is 102 cm³/mol. The molecule has 1 nitrogen and oxygen atoms in total. The van der Waals surface area contributed by atoms with Gasteiger partial charge in [0, 0.05) is 21.6 Å². The Morgan fingerprint density at radius 2 is 1.12 bits per heavy atom. The van der Waals surface area contributed by atoms with Gasteiger partial charge in [-0.1, -0.05) is 90.6 Å². The zero-order valence-corrected chi connectivity index (χ0v) is 14.0. The summed E-state index contributed by atoms with van der Waals surface area (Å²) < 4.78 is 0. The summed E-state index contributed by atoms with van der Waals surface area (Å²) in [5.41, 5.74) is 4.85. The molecule has 2 heteroatoms. The average Bonchev–Trinajstić information content (AvgIpc) is 3.07. The lowest BCUT2D eigenvalue weighted by Gasteiger charge is -2.08. The van der Waals surface area contributed by atoms with Gasteiger partial charge < -0.3 is 4.98 Å². The lowest BCUT2D eigenvalue weighted by molar-refractivity contribution is 1.36. The molecule has 0 saturated heterocycles.